The molecule has 15 N–H and O–H groups in total. The van der Waals surface area contributed by atoms with E-state index in [9.17, 15) is 86.3 Å². The molecule has 6 aliphatic rings. The highest BCUT2D eigenvalue weighted by Gasteiger charge is 2.30. The van der Waals surface area contributed by atoms with Crippen LogP contribution in [0.3, 0.4) is 0 Å². The number of rotatable bonds is 26. The number of benzene rings is 4. The highest BCUT2D eigenvalue weighted by Crippen LogP contribution is 2.27. The van der Waals surface area contributed by atoms with E-state index in [1.165, 1.54) is 7.11 Å². The molecule has 50 heteroatoms. The molecular weight excluding hydrogens is 1820 g/mol. The van der Waals surface area contributed by atoms with Gasteiger partial charge in [-0.15, -0.1) is 0 Å². The molecule has 0 atom stereocenters. The van der Waals surface area contributed by atoms with Gasteiger partial charge in [-0.25, -0.2) is 0 Å². The Hall–Kier alpha value is -12.7. The van der Waals surface area contributed by atoms with Gasteiger partial charge in [0.05, 0.1) is 101 Å². The number of esters is 11. The van der Waals surface area contributed by atoms with E-state index in [2.05, 4.69) is 33.2 Å². The molecule has 0 saturated carbocycles. The average molecular weight is 1950 g/mol. The van der Waals surface area contributed by atoms with Gasteiger partial charge in [0.2, 0.25) is 0 Å². The van der Waals surface area contributed by atoms with Gasteiger partial charge in [0.15, 0.2) is 25.2 Å². The fourth-order valence-corrected chi connectivity index (χ4v) is 7.97. The van der Waals surface area contributed by atoms with Crippen LogP contribution in [0.1, 0.15) is 148 Å². The number of methoxy groups -OCH3 is 3. The molecule has 0 unspecified atom stereocenters. The third-order valence-corrected chi connectivity index (χ3v) is 13.5. The largest absolute Gasteiger partial charge is 0.481 e. The predicted molar refractivity (Wildman–Crippen MR) is 454 cm³/mol. The van der Waals surface area contributed by atoms with Crippen molar-refractivity contribution in [1.82, 2.24) is 0 Å². The summed E-state index contributed by atoms with van der Waals surface area (Å²) in [5.41, 5.74) is 3.79. The molecule has 10 rings (SSSR count). The fraction of sp³-hybridized carbons (Fsp3) is 0.506. The summed E-state index contributed by atoms with van der Waals surface area (Å²) in [5, 5.41) is 120. The number of hydrogen-bond donors (Lipinski definition) is 15. The number of aliphatic carboxylic acids is 6. The van der Waals surface area contributed by atoms with Gasteiger partial charge >= 0.3 is 101 Å². The van der Waals surface area contributed by atoms with E-state index in [0.717, 1.165) is 57.8 Å². The maximum Gasteiger partial charge on any atom is 0.324 e. The highest BCUT2D eigenvalue weighted by atomic mass is 16.7. The van der Waals surface area contributed by atoms with Crippen LogP contribution in [0.5, 0.6) is 0 Å². The summed E-state index contributed by atoms with van der Waals surface area (Å²) in [6, 6.07) is 38.3. The number of carboxylic acid groups (broad SMARTS) is 6. The number of ether oxygens (including phenoxy) is 17. The zero-order chi connectivity index (χ0) is 105. The quantitative estimate of drug-likeness (QED) is 0.0180. The Labute approximate surface area is 776 Å². The van der Waals surface area contributed by atoms with Gasteiger partial charge in [-0.3, -0.25) is 81.5 Å². The molecule has 6 fully saturated rings. The summed E-state index contributed by atoms with van der Waals surface area (Å²) >= 11 is 0. The Kier molecular flexibility index (Phi) is 89.1. The Morgan fingerprint density at radius 1 is 0.333 bits per heavy atom. The Morgan fingerprint density at radius 2 is 0.533 bits per heavy atom. The zero-order valence-corrected chi connectivity index (χ0v) is 76.2. The van der Waals surface area contributed by atoms with Crippen molar-refractivity contribution < 1.29 is 245 Å². The molecule has 0 bridgehead atoms. The average Bonchev–Trinajstić information content (AvgIpc) is 0.856. The second kappa shape index (κ2) is 90.4. The second-order valence-electron chi connectivity index (χ2n) is 23.6. The lowest BCUT2D eigenvalue weighted by atomic mass is 10.2. The third-order valence-electron chi connectivity index (χ3n) is 13.5. The molecule has 0 radical (unpaired) electrons. The van der Waals surface area contributed by atoms with Crippen LogP contribution in [-0.2, 0) is 167 Å². The minimum Gasteiger partial charge on any atom is -0.481 e. The number of aliphatic hydroxyl groups is 9. The van der Waals surface area contributed by atoms with E-state index in [4.69, 9.17) is 125 Å². The van der Waals surface area contributed by atoms with Gasteiger partial charge in [-0.2, -0.15) is 0 Å². The Morgan fingerprint density at radius 3 is 0.719 bits per heavy atom. The van der Waals surface area contributed by atoms with Gasteiger partial charge in [0, 0.05) is 43.6 Å². The normalized spacial score (nSPS) is 17.1. The summed E-state index contributed by atoms with van der Waals surface area (Å²) in [4.78, 5) is 182. The molecule has 0 spiro atoms. The van der Waals surface area contributed by atoms with Crippen molar-refractivity contribution in [3.8, 4) is 0 Å². The van der Waals surface area contributed by atoms with Crippen LogP contribution >= 0.6 is 0 Å². The molecule has 0 aromatic heterocycles. The van der Waals surface area contributed by atoms with Crippen molar-refractivity contribution in [1.29, 1.82) is 0 Å². The van der Waals surface area contributed by atoms with Crippen molar-refractivity contribution in [2.75, 3.05) is 122 Å². The third kappa shape index (κ3) is 78.5. The summed E-state index contributed by atoms with van der Waals surface area (Å²) < 4.78 is 88.7. The van der Waals surface area contributed by atoms with E-state index in [-0.39, 0.29) is 51.8 Å². The first-order valence-electron chi connectivity index (χ1n) is 40.3. The lowest BCUT2D eigenvalue weighted by molar-refractivity contribution is -0.229. The number of carbonyl (C=O) groups is 18. The first kappa shape index (κ1) is 133. The maximum absolute atomic E-state index is 11.4. The van der Waals surface area contributed by atoms with Crippen LogP contribution in [0.15, 0.2) is 121 Å². The molecule has 0 aliphatic carbocycles. The Balaban J connectivity index is -0.000000271. The molecule has 50 nitrogen and oxygen atoms in total. The molecule has 6 saturated heterocycles. The fourth-order valence-electron chi connectivity index (χ4n) is 7.97. The number of hydrogen-bond acceptors (Lipinski definition) is 44. The molecule has 135 heavy (non-hydrogen) atoms. The van der Waals surface area contributed by atoms with Crippen LogP contribution in [0.4, 0.5) is 0 Å². The highest BCUT2D eigenvalue weighted by molar-refractivity contribution is 6.06. The number of carbonyl (C=O) groups excluding carboxylic acids is 12. The van der Waals surface area contributed by atoms with Crippen LogP contribution < -0.4 is 0 Å². The van der Waals surface area contributed by atoms with Gasteiger partial charge in [0.1, 0.15) is 102 Å². The minimum absolute atomic E-state index is 0.0278. The van der Waals surface area contributed by atoms with Gasteiger partial charge in [-0.05, 0) is 0 Å². The monoisotopic (exact) mass is 1950 g/mol. The molecule has 0 amide bonds. The standard InChI is InChI=1S/C14H16O6.C13H14O6.2C10H12O3.C7H12O6.C6H10O5.C4H6O4.2C3H4O4.2C3H2O3.3C2H6.3CH4O/c1-17-12(15)7-13(16)20-11-8-18-14(19-9-11)10-5-3-2-4-6-10;14-11(15)6-12(16)19-10-7-17-13(18-8-10)9-4-2-1-3-5-9;2*11-9-6-12-10(13-7-9)8-4-2-1-3-5-8;1-12-6(10)2-7(11)13-5(3-8)4-9;7-2-1-6(10)11-5(3-8)4-9;1-8-4(7)2-3(5)6;2*4-2(5)1-3(6)7;2*4-2-1-3(5)6-2;6*1-2/h2-6,11,14H,7-9H2,1H3;1-5,10,13H,6-8H2,(H,14,15);2*1-5,9-11H,6-7H2;5,8-9H,2-4H2,1H3;2,5,8-9H,1,3-4H2;2H2,1H3,(H,5,6);2*1H2,(H,4,5)(H,6,7);2*1H2;3*1-2H3;3*2H,1H3/i;;;;;2D;;;;;;;;;;;. The SMILES string of the molecule is CC.CC.CC.CO.CO.CO.COC(=O)CC(=O)O.COC(=O)CC(=O)OC(CO)CO.COC(=O)CC(=O)OC1COC(c2ccccc2)OC1.O=C(O)CC(=O)O.O=C(O)CC(=O)O.O=C(O)CC(=O)OC1COC(c2ccccc2)OC1.O=C1CC(=O)O1.O=C1CC(=O)O1.OC1COC(c2ccccc2)OC1.OC1COC(c2ccccc2)OC1.[2H]C(=O)CC(=O)OC(CO)CO. The zero-order valence-electron chi connectivity index (χ0n) is 77.2. The number of aldehydes is 1. The lowest BCUT2D eigenvalue weighted by Gasteiger charge is -2.29. The van der Waals surface area contributed by atoms with Gasteiger partial charge < -0.3 is 162 Å². The van der Waals surface area contributed by atoms with E-state index < -0.39 is 228 Å². The first-order chi connectivity index (χ1) is 64.8. The summed E-state index contributed by atoms with van der Waals surface area (Å²) in [5.74, 6) is -14.6. The van der Waals surface area contributed by atoms with E-state index >= 15 is 0 Å². The minimum atomic E-state index is -1.31. The van der Waals surface area contributed by atoms with Crippen molar-refractivity contribution >= 4 is 108 Å². The summed E-state index contributed by atoms with van der Waals surface area (Å²) in [6.45, 7) is 12.2. The van der Waals surface area contributed by atoms with E-state index in [1.807, 2.05) is 163 Å². The molecule has 764 valence electrons. The van der Waals surface area contributed by atoms with Crippen molar-refractivity contribution in [2.24, 2.45) is 0 Å². The predicted octanol–water partition coefficient (Wildman–Crippen LogP) is 0.978. The maximum atomic E-state index is 11.4. The molecule has 6 heterocycles. The van der Waals surface area contributed by atoms with E-state index in [0.29, 0.717) is 26.4 Å². The van der Waals surface area contributed by atoms with Crippen LogP contribution in [0.2, 0.25) is 0 Å². The topological polar surface area (TPSA) is 768 Å². The number of carboxylic acids is 6. The first-order valence-corrected chi connectivity index (χ1v) is 39.8. The van der Waals surface area contributed by atoms with Crippen molar-refractivity contribution in [3.63, 3.8) is 0 Å². The molecule has 4 aromatic rings. The molecular formula is C85H124O50. The molecule has 4 aromatic carbocycles. The van der Waals surface area contributed by atoms with E-state index in [1.54, 1.807) is 0 Å². The second-order valence-corrected chi connectivity index (χ2v) is 23.6. The summed E-state index contributed by atoms with van der Waals surface area (Å²) in [6.07, 6.45) is -11.1. The van der Waals surface area contributed by atoms with Crippen molar-refractivity contribution in [3.05, 3.63) is 144 Å². The van der Waals surface area contributed by atoms with Crippen molar-refractivity contribution in [2.45, 2.75) is 161 Å². The summed E-state index contributed by atoms with van der Waals surface area (Å²) in [7, 11) is 6.50. The van der Waals surface area contributed by atoms with Crippen LogP contribution in [-0.4, -0.2) is 343 Å². The van der Waals surface area contributed by atoms with Gasteiger partial charge in [-0.1, -0.05) is 163 Å². The number of aliphatic hydroxyl groups excluding tert-OH is 9. The number of cyclic esters (lactones) is 4. The van der Waals surface area contributed by atoms with Gasteiger partial charge in [0.25, 0.3) is 0 Å². The van der Waals surface area contributed by atoms with Crippen LogP contribution in [0, 0.1) is 0 Å². The van der Waals surface area contributed by atoms with Crippen LogP contribution in [0.25, 0.3) is 0 Å². The lowest BCUT2D eigenvalue weighted by Crippen LogP contribution is -2.35. The molecule has 6 aliphatic heterocycles. The Bertz CT molecular complexity index is 3730. The smallest absolute Gasteiger partial charge is 0.324 e.